The Bertz CT molecular complexity index is 1030. The van der Waals surface area contributed by atoms with Crippen molar-refractivity contribution in [1.82, 2.24) is 5.43 Å². The molecule has 3 rings (SSSR count). The number of carbonyl (C=O) groups excluding carboxylic acids is 1. The molecule has 0 saturated heterocycles. The highest BCUT2D eigenvalue weighted by atomic mass is 16.5. The molecule has 1 unspecified atom stereocenters. The van der Waals surface area contributed by atoms with E-state index in [-0.39, 0.29) is 11.7 Å². The number of rotatable bonds is 7. The molecule has 0 spiro atoms. The quantitative estimate of drug-likeness (QED) is 0.370. The predicted molar refractivity (Wildman–Crippen MR) is 112 cm³/mol. The zero-order chi connectivity index (χ0) is 19.9. The Hall–Kier alpha value is -3.60. The van der Waals surface area contributed by atoms with E-state index in [1.54, 1.807) is 19.1 Å². The predicted octanol–water partition coefficient (Wildman–Crippen LogP) is 4.19. The van der Waals surface area contributed by atoms with Crippen LogP contribution in [0.3, 0.4) is 0 Å². The van der Waals surface area contributed by atoms with Crippen molar-refractivity contribution in [2.24, 2.45) is 5.10 Å². The molecule has 142 valence electrons. The van der Waals surface area contributed by atoms with Gasteiger partial charge >= 0.3 is 0 Å². The zero-order valence-corrected chi connectivity index (χ0v) is 15.6. The van der Waals surface area contributed by atoms with Gasteiger partial charge in [0.2, 0.25) is 0 Å². The number of hydrogen-bond acceptors (Lipinski definition) is 4. The number of phenols is 1. The molecule has 0 bridgehead atoms. The average molecular weight is 374 g/mol. The molecule has 0 heterocycles. The Balaban J connectivity index is 1.61. The Morgan fingerprint density at radius 3 is 2.75 bits per heavy atom. The number of phenolic OH excluding ortho intramolecular Hbond substituents is 1. The van der Waals surface area contributed by atoms with Crippen molar-refractivity contribution in [3.8, 4) is 11.5 Å². The summed E-state index contributed by atoms with van der Waals surface area (Å²) >= 11 is 0. The van der Waals surface area contributed by atoms with Crippen LogP contribution in [-0.2, 0) is 11.2 Å². The Labute approximate surface area is 164 Å². The van der Waals surface area contributed by atoms with Gasteiger partial charge in [-0.3, -0.25) is 4.79 Å². The number of aromatic hydroxyl groups is 1. The molecule has 5 heteroatoms. The fourth-order valence-corrected chi connectivity index (χ4v) is 2.79. The molecule has 0 aliphatic heterocycles. The molecule has 0 aliphatic carbocycles. The number of para-hydroxylation sites is 1. The van der Waals surface area contributed by atoms with Gasteiger partial charge in [-0.2, -0.15) is 5.10 Å². The van der Waals surface area contributed by atoms with Crippen molar-refractivity contribution in [3.05, 3.63) is 84.4 Å². The molecule has 28 heavy (non-hydrogen) atoms. The summed E-state index contributed by atoms with van der Waals surface area (Å²) < 4.78 is 5.72. The highest BCUT2D eigenvalue weighted by Gasteiger charge is 2.14. The molecule has 1 atom stereocenters. The van der Waals surface area contributed by atoms with E-state index in [1.165, 1.54) is 6.21 Å². The highest BCUT2D eigenvalue weighted by molar-refractivity contribution is 5.87. The molecule has 0 fully saturated rings. The molecule has 3 aromatic rings. The van der Waals surface area contributed by atoms with Gasteiger partial charge in [0.05, 0.1) is 6.21 Å². The molecule has 1 amide bonds. The van der Waals surface area contributed by atoms with Gasteiger partial charge in [-0.25, -0.2) is 5.43 Å². The number of allylic oxidation sites excluding steroid dienone is 1. The van der Waals surface area contributed by atoms with E-state index in [0.29, 0.717) is 17.7 Å². The lowest BCUT2D eigenvalue weighted by molar-refractivity contribution is -0.127. The van der Waals surface area contributed by atoms with Crippen LogP contribution in [0.5, 0.6) is 11.5 Å². The van der Waals surface area contributed by atoms with E-state index in [1.807, 2.05) is 54.6 Å². The largest absolute Gasteiger partial charge is 0.507 e. The maximum absolute atomic E-state index is 12.2. The third kappa shape index (κ3) is 4.57. The minimum atomic E-state index is -0.723. The first-order chi connectivity index (χ1) is 13.6. The molecule has 0 aromatic heterocycles. The molecule has 3 aromatic carbocycles. The minimum Gasteiger partial charge on any atom is -0.507 e. The van der Waals surface area contributed by atoms with Crippen molar-refractivity contribution in [2.45, 2.75) is 19.4 Å². The Morgan fingerprint density at radius 1 is 1.18 bits per heavy atom. The van der Waals surface area contributed by atoms with E-state index < -0.39 is 6.10 Å². The van der Waals surface area contributed by atoms with E-state index in [4.69, 9.17) is 4.74 Å². The first-order valence-corrected chi connectivity index (χ1v) is 8.98. The third-order valence-corrected chi connectivity index (χ3v) is 4.30. The monoisotopic (exact) mass is 374 g/mol. The van der Waals surface area contributed by atoms with Crippen LogP contribution in [0.25, 0.3) is 10.8 Å². The van der Waals surface area contributed by atoms with Crippen LogP contribution in [-0.4, -0.2) is 23.3 Å². The first kappa shape index (κ1) is 19.2. The van der Waals surface area contributed by atoms with Crippen LogP contribution in [0.2, 0.25) is 0 Å². The number of amides is 1. The van der Waals surface area contributed by atoms with Gasteiger partial charge < -0.3 is 9.84 Å². The topological polar surface area (TPSA) is 70.9 Å². The number of hydrazone groups is 1. The second-order valence-corrected chi connectivity index (χ2v) is 6.35. The van der Waals surface area contributed by atoms with Crippen LogP contribution in [0.15, 0.2) is 78.4 Å². The highest BCUT2D eigenvalue weighted by Crippen LogP contribution is 2.22. The average Bonchev–Trinajstić information content (AvgIpc) is 2.70. The number of nitrogens with zero attached hydrogens (tertiary/aromatic N) is 1. The SMILES string of the molecule is C=CCc1cccc(/C=N/NC(=O)C(C)Oc2ccc3ccccc3c2)c1O. The Kier molecular flexibility index (Phi) is 6.07. The van der Waals surface area contributed by atoms with Crippen LogP contribution >= 0.6 is 0 Å². The third-order valence-electron chi connectivity index (χ3n) is 4.30. The first-order valence-electron chi connectivity index (χ1n) is 8.98. The van der Waals surface area contributed by atoms with Crippen LogP contribution in [0.4, 0.5) is 0 Å². The van der Waals surface area contributed by atoms with Crippen molar-refractivity contribution in [3.63, 3.8) is 0 Å². The van der Waals surface area contributed by atoms with Crippen LogP contribution in [0, 0.1) is 0 Å². The van der Waals surface area contributed by atoms with Gasteiger partial charge in [-0.05, 0) is 47.9 Å². The summed E-state index contributed by atoms with van der Waals surface area (Å²) in [5.74, 6) is 0.354. The number of fused-ring (bicyclic) bond motifs is 1. The number of ether oxygens (including phenoxy) is 1. The standard InChI is InChI=1S/C23H22N2O3/c1-3-7-18-10-6-11-20(22(18)26)15-24-25-23(27)16(2)28-21-13-12-17-8-4-5-9-19(17)14-21/h3-6,8-16,26H,1,7H2,2H3,(H,25,27)/b24-15+. The van der Waals surface area contributed by atoms with E-state index >= 15 is 0 Å². The second-order valence-electron chi connectivity index (χ2n) is 6.35. The lowest BCUT2D eigenvalue weighted by Gasteiger charge is -2.13. The smallest absolute Gasteiger partial charge is 0.280 e. The fourth-order valence-electron chi connectivity index (χ4n) is 2.79. The van der Waals surface area contributed by atoms with Crippen molar-refractivity contribution < 1.29 is 14.6 Å². The van der Waals surface area contributed by atoms with Gasteiger partial charge in [0, 0.05) is 5.56 Å². The summed E-state index contributed by atoms with van der Waals surface area (Å²) in [7, 11) is 0. The zero-order valence-electron chi connectivity index (χ0n) is 15.6. The summed E-state index contributed by atoms with van der Waals surface area (Å²) in [5, 5.41) is 16.3. The molecular formula is C23H22N2O3. The molecular weight excluding hydrogens is 352 g/mol. The van der Waals surface area contributed by atoms with Crippen molar-refractivity contribution in [1.29, 1.82) is 0 Å². The number of nitrogens with one attached hydrogen (secondary N) is 1. The Morgan fingerprint density at radius 2 is 1.96 bits per heavy atom. The minimum absolute atomic E-state index is 0.126. The molecule has 0 radical (unpaired) electrons. The number of carbonyl (C=O) groups is 1. The summed E-state index contributed by atoms with van der Waals surface area (Å²) in [5.41, 5.74) is 3.71. The fraction of sp³-hybridized carbons (Fsp3) is 0.130. The van der Waals surface area contributed by atoms with Crippen LogP contribution in [0.1, 0.15) is 18.1 Å². The van der Waals surface area contributed by atoms with Crippen molar-refractivity contribution in [2.75, 3.05) is 0 Å². The number of benzene rings is 3. The molecule has 2 N–H and O–H groups in total. The molecule has 5 nitrogen and oxygen atoms in total. The maximum atomic E-state index is 12.2. The maximum Gasteiger partial charge on any atom is 0.280 e. The van der Waals surface area contributed by atoms with E-state index in [0.717, 1.165) is 16.3 Å². The van der Waals surface area contributed by atoms with Crippen molar-refractivity contribution >= 4 is 22.9 Å². The molecule has 0 aliphatic rings. The lowest BCUT2D eigenvalue weighted by atomic mass is 10.1. The lowest BCUT2D eigenvalue weighted by Crippen LogP contribution is -2.33. The van der Waals surface area contributed by atoms with E-state index in [9.17, 15) is 9.90 Å². The number of hydrogen-bond donors (Lipinski definition) is 2. The van der Waals surface area contributed by atoms with Gasteiger partial charge in [0.1, 0.15) is 11.5 Å². The summed E-state index contributed by atoms with van der Waals surface area (Å²) in [6.07, 6.45) is 2.95. The van der Waals surface area contributed by atoms with Gasteiger partial charge in [-0.1, -0.05) is 48.5 Å². The van der Waals surface area contributed by atoms with Gasteiger partial charge in [0.15, 0.2) is 6.10 Å². The normalized spacial score (nSPS) is 12.0. The van der Waals surface area contributed by atoms with Crippen LogP contribution < -0.4 is 10.2 Å². The summed E-state index contributed by atoms with van der Waals surface area (Å²) in [6.45, 7) is 5.32. The van der Waals surface area contributed by atoms with E-state index in [2.05, 4.69) is 17.1 Å². The summed E-state index contributed by atoms with van der Waals surface area (Å²) in [4.78, 5) is 12.2. The van der Waals surface area contributed by atoms with Gasteiger partial charge in [0.25, 0.3) is 5.91 Å². The second kappa shape index (κ2) is 8.86. The molecule has 0 saturated carbocycles. The summed E-state index contributed by atoms with van der Waals surface area (Å²) in [6, 6.07) is 19.0. The van der Waals surface area contributed by atoms with Gasteiger partial charge in [-0.15, -0.1) is 6.58 Å².